The van der Waals surface area contributed by atoms with Crippen molar-refractivity contribution in [3.05, 3.63) is 0 Å². The first kappa shape index (κ1) is 8.80. The zero-order valence-electron chi connectivity index (χ0n) is 3.78. The summed E-state index contributed by atoms with van der Waals surface area (Å²) in [5.74, 6) is -4.00. The minimum absolute atomic E-state index is 1.59. The van der Waals surface area contributed by atoms with E-state index < -0.39 is 14.3 Å². The molecule has 0 fully saturated rings. The van der Waals surface area contributed by atoms with Gasteiger partial charge in [0.05, 0.1) is 0 Å². The molecule has 0 bridgehead atoms. The van der Waals surface area contributed by atoms with E-state index in [4.69, 9.17) is 5.26 Å². The molecule has 1 N–H and O–H groups in total. The van der Waals surface area contributed by atoms with Gasteiger partial charge in [0.2, 0.25) is 0 Å². The molecule has 8 heteroatoms. The highest BCUT2D eigenvalue weighted by atomic mass is 31.1. The van der Waals surface area contributed by atoms with Crippen LogP contribution in [0.15, 0.2) is 0 Å². The van der Waals surface area contributed by atoms with Crippen LogP contribution in [0.2, 0.25) is 0 Å². The van der Waals surface area contributed by atoms with Crippen molar-refractivity contribution in [1.82, 2.24) is 0 Å². The zero-order valence-corrected chi connectivity index (χ0v) is 4.68. The van der Waals surface area contributed by atoms with E-state index in [-0.39, 0.29) is 0 Å². The smallest absolute Gasteiger partial charge is 0.265 e. The van der Waals surface area contributed by atoms with Gasteiger partial charge >= 0.3 is 5.85 Å². The first-order chi connectivity index (χ1) is 4.12. The quantitative estimate of drug-likeness (QED) is 0.382. The van der Waals surface area contributed by atoms with Crippen molar-refractivity contribution < 1.29 is 33.6 Å². The summed E-state index contributed by atoms with van der Waals surface area (Å²) in [6.45, 7) is 0. The first-order valence-electron chi connectivity index (χ1n) is 1.50. The minimum atomic E-state index is -4.00. The molecule has 5 nitrogen and oxygen atoms in total. The van der Waals surface area contributed by atoms with Gasteiger partial charge in [0.25, 0.3) is 8.46 Å². The standard InChI is InChI=1S/CHF2O5P/c2-1(3,9-5)6-8-7-4/h4H. The average molecular weight is 162 g/mol. The van der Waals surface area contributed by atoms with E-state index in [1.807, 2.05) is 0 Å². The Balaban J connectivity index is 3.45. The van der Waals surface area contributed by atoms with Crippen molar-refractivity contribution in [1.29, 1.82) is 0 Å². The number of hydrogen-bond donors (Lipinski definition) is 1. The Morgan fingerprint density at radius 3 is 2.44 bits per heavy atom. The van der Waals surface area contributed by atoms with Gasteiger partial charge < -0.3 is 0 Å². The molecule has 0 aliphatic rings. The molecule has 54 valence electrons. The molecule has 0 unspecified atom stereocenters. The predicted octanol–water partition coefficient (Wildman–Crippen LogP) is 1.18. The van der Waals surface area contributed by atoms with Crippen LogP contribution in [0.1, 0.15) is 0 Å². The summed E-state index contributed by atoms with van der Waals surface area (Å²) in [5.41, 5.74) is 0. The molecule has 0 amide bonds. The van der Waals surface area contributed by atoms with Crippen LogP contribution >= 0.6 is 8.46 Å². The highest BCUT2D eigenvalue weighted by Gasteiger charge is 2.33. The average Bonchev–Trinajstić information content (AvgIpc) is 1.84. The molecule has 0 heterocycles. The largest absolute Gasteiger partial charge is 0.465 e. The van der Waals surface area contributed by atoms with Crippen LogP contribution < -0.4 is 0 Å². The molecule has 0 saturated carbocycles. The third kappa shape index (κ3) is 4.31. The predicted molar refractivity (Wildman–Crippen MR) is 18.4 cm³/mol. The number of halogens is 2. The van der Waals surface area contributed by atoms with E-state index in [0.717, 1.165) is 0 Å². The van der Waals surface area contributed by atoms with Gasteiger partial charge in [-0.15, -0.1) is 4.89 Å². The second-order valence-electron chi connectivity index (χ2n) is 0.803. The zero-order chi connectivity index (χ0) is 7.33. The molecule has 0 atom stereocenters. The van der Waals surface area contributed by atoms with Crippen LogP contribution in [0, 0.1) is 0 Å². The molecule has 0 spiro atoms. The number of alkyl halides is 2. The lowest BCUT2D eigenvalue weighted by Crippen LogP contribution is -2.11. The molecule has 9 heavy (non-hydrogen) atoms. The summed E-state index contributed by atoms with van der Waals surface area (Å²) in [6, 6.07) is 0. The monoisotopic (exact) mass is 162 g/mol. The van der Waals surface area contributed by atoms with Crippen molar-refractivity contribution in [3.8, 4) is 0 Å². The fourth-order valence-corrected chi connectivity index (χ4v) is 0.132. The lowest BCUT2D eigenvalue weighted by molar-refractivity contribution is -0.651. The summed E-state index contributed by atoms with van der Waals surface area (Å²) in [6.07, 6.45) is 0. The van der Waals surface area contributed by atoms with Crippen LogP contribution in [0.25, 0.3) is 0 Å². The van der Waals surface area contributed by atoms with Crippen molar-refractivity contribution in [2.24, 2.45) is 0 Å². The van der Waals surface area contributed by atoms with Crippen LogP contribution in [0.5, 0.6) is 0 Å². The third-order valence-electron chi connectivity index (χ3n) is 0.271. The van der Waals surface area contributed by atoms with Crippen LogP contribution in [-0.4, -0.2) is 11.1 Å². The molecule has 0 aromatic heterocycles. The van der Waals surface area contributed by atoms with E-state index >= 15 is 0 Å². The van der Waals surface area contributed by atoms with Crippen molar-refractivity contribution in [2.75, 3.05) is 0 Å². The van der Waals surface area contributed by atoms with Gasteiger partial charge in [-0.05, 0) is 10.1 Å². The maximum atomic E-state index is 11.5. The van der Waals surface area contributed by atoms with E-state index in [1.54, 1.807) is 0 Å². The van der Waals surface area contributed by atoms with Crippen molar-refractivity contribution in [3.63, 3.8) is 0 Å². The second-order valence-corrected chi connectivity index (χ2v) is 1.51. The van der Waals surface area contributed by atoms with Gasteiger partial charge in [-0.25, -0.2) is 5.26 Å². The summed E-state index contributed by atoms with van der Waals surface area (Å²) in [4.78, 5) is 2.90. The van der Waals surface area contributed by atoms with Crippen molar-refractivity contribution in [2.45, 2.75) is 5.85 Å². The maximum Gasteiger partial charge on any atom is 0.465 e. The van der Waals surface area contributed by atoms with Gasteiger partial charge in [-0.3, -0.25) is 4.57 Å². The maximum absolute atomic E-state index is 11.5. The highest BCUT2D eigenvalue weighted by molar-refractivity contribution is 7.25. The first-order valence-corrected chi connectivity index (χ1v) is 2.32. The fraction of sp³-hybridized carbons (Fsp3) is 1.00. The van der Waals surface area contributed by atoms with Gasteiger partial charge in [-0.2, -0.15) is 8.78 Å². The Kier molecular flexibility index (Phi) is 3.67. The molecular formula is CHF2O5P. The lowest BCUT2D eigenvalue weighted by Gasteiger charge is -2.01. The van der Waals surface area contributed by atoms with Crippen molar-refractivity contribution >= 4 is 8.46 Å². The van der Waals surface area contributed by atoms with E-state index in [0.29, 0.717) is 0 Å². The molecule has 0 aliphatic carbocycles. The van der Waals surface area contributed by atoms with Crippen LogP contribution in [-0.2, 0) is 19.5 Å². The molecule has 0 aromatic carbocycles. The summed E-state index contributed by atoms with van der Waals surface area (Å²) in [7, 11) is -1.59. The van der Waals surface area contributed by atoms with Crippen LogP contribution in [0.4, 0.5) is 8.78 Å². The Morgan fingerprint density at radius 2 is 2.11 bits per heavy atom. The lowest BCUT2D eigenvalue weighted by atomic mass is 11.5. The number of rotatable bonds is 4. The fourth-order valence-electron chi connectivity index (χ4n) is 0.0714. The van der Waals surface area contributed by atoms with Gasteiger partial charge in [-0.1, -0.05) is 0 Å². The Hall–Kier alpha value is -0.200. The van der Waals surface area contributed by atoms with E-state index in [9.17, 15) is 13.3 Å². The van der Waals surface area contributed by atoms with Gasteiger partial charge in [0.15, 0.2) is 0 Å². The Morgan fingerprint density at radius 1 is 1.56 bits per heavy atom. The molecular weight excluding hydrogens is 161 g/mol. The van der Waals surface area contributed by atoms with Gasteiger partial charge in [0, 0.05) is 0 Å². The summed E-state index contributed by atoms with van der Waals surface area (Å²) in [5, 5.41) is 12.8. The summed E-state index contributed by atoms with van der Waals surface area (Å²) >= 11 is 0. The van der Waals surface area contributed by atoms with Crippen LogP contribution in [0.3, 0.4) is 0 Å². The summed E-state index contributed by atoms with van der Waals surface area (Å²) < 4.78 is 32.3. The molecule has 0 aromatic rings. The molecule has 0 rings (SSSR count). The second kappa shape index (κ2) is 3.76. The topological polar surface area (TPSA) is 65.0 Å². The van der Waals surface area contributed by atoms with E-state index in [2.05, 4.69) is 15.0 Å². The molecule has 0 radical (unpaired) electrons. The SMILES string of the molecule is O=PC(F)(F)OOOO. The molecule has 0 aliphatic heterocycles. The third-order valence-corrected chi connectivity index (χ3v) is 0.558. The Bertz CT molecular complexity index is 95.0. The number of hydrogen-bond acceptors (Lipinski definition) is 5. The Labute approximate surface area is 49.1 Å². The normalized spacial score (nSPS) is 12.3. The minimum Gasteiger partial charge on any atom is -0.265 e. The highest BCUT2D eigenvalue weighted by Crippen LogP contribution is 2.27. The van der Waals surface area contributed by atoms with Gasteiger partial charge in [0.1, 0.15) is 0 Å². The van der Waals surface area contributed by atoms with E-state index in [1.165, 1.54) is 0 Å². The molecule has 0 saturated heterocycles.